The van der Waals surface area contributed by atoms with E-state index in [0.717, 1.165) is 40.1 Å². The van der Waals surface area contributed by atoms with E-state index in [1.165, 1.54) is 0 Å². The standard InChI is InChI=1S/C28H30N6O3/c1-4-17(2)31-28(35)18(3)37-23-7-5-6-20(12-23)26-33-25-16-36-15-24(25)27(34-26)32-22-10-8-19(9-11-22)21-13-29-30-14-21/h5-14,17-18H,4,15-16H2,1-3H3,(H,29,30)(H,31,35)(H,32,33,34). The highest BCUT2D eigenvalue weighted by Crippen LogP contribution is 2.31. The van der Waals surface area contributed by atoms with Crippen molar-refractivity contribution in [3.63, 3.8) is 0 Å². The van der Waals surface area contributed by atoms with Crippen LogP contribution in [0.25, 0.3) is 22.5 Å². The minimum Gasteiger partial charge on any atom is -0.481 e. The van der Waals surface area contributed by atoms with Crippen LogP contribution in [0.1, 0.15) is 38.4 Å². The summed E-state index contributed by atoms with van der Waals surface area (Å²) < 4.78 is 11.6. The summed E-state index contributed by atoms with van der Waals surface area (Å²) in [5.74, 6) is 1.70. The molecule has 9 nitrogen and oxygen atoms in total. The number of H-pyrrole nitrogens is 1. The molecule has 2 aromatic carbocycles. The number of carbonyl (C=O) groups excluding carboxylic acids is 1. The maximum atomic E-state index is 12.4. The lowest BCUT2D eigenvalue weighted by atomic mass is 10.1. The first kappa shape index (κ1) is 24.5. The Morgan fingerprint density at radius 1 is 1.08 bits per heavy atom. The molecular formula is C28H30N6O3. The monoisotopic (exact) mass is 498 g/mol. The van der Waals surface area contributed by atoms with E-state index < -0.39 is 6.10 Å². The number of nitrogens with one attached hydrogen (secondary N) is 3. The molecule has 37 heavy (non-hydrogen) atoms. The van der Waals surface area contributed by atoms with Gasteiger partial charge < -0.3 is 20.1 Å². The average molecular weight is 499 g/mol. The molecular weight excluding hydrogens is 468 g/mol. The number of fused-ring (bicyclic) bond motifs is 1. The van der Waals surface area contributed by atoms with Crippen LogP contribution >= 0.6 is 0 Å². The zero-order valence-corrected chi connectivity index (χ0v) is 21.1. The molecule has 0 spiro atoms. The third kappa shape index (κ3) is 5.62. The van der Waals surface area contributed by atoms with Gasteiger partial charge in [-0.05, 0) is 50.1 Å². The molecule has 5 rings (SSSR count). The van der Waals surface area contributed by atoms with Gasteiger partial charge in [-0.3, -0.25) is 9.89 Å². The summed E-state index contributed by atoms with van der Waals surface area (Å²) in [7, 11) is 0. The summed E-state index contributed by atoms with van der Waals surface area (Å²) >= 11 is 0. The highest BCUT2D eigenvalue weighted by Gasteiger charge is 2.22. The highest BCUT2D eigenvalue weighted by atomic mass is 16.5. The number of rotatable bonds is 9. The lowest BCUT2D eigenvalue weighted by Crippen LogP contribution is -2.40. The predicted molar refractivity (Wildman–Crippen MR) is 141 cm³/mol. The van der Waals surface area contributed by atoms with E-state index in [1.807, 2.05) is 68.6 Å². The van der Waals surface area contributed by atoms with Gasteiger partial charge in [0.1, 0.15) is 11.6 Å². The van der Waals surface area contributed by atoms with Crippen molar-refractivity contribution in [2.75, 3.05) is 5.32 Å². The summed E-state index contributed by atoms with van der Waals surface area (Å²) in [5.41, 5.74) is 5.60. The number of hydrogen-bond donors (Lipinski definition) is 3. The van der Waals surface area contributed by atoms with Gasteiger partial charge in [0.25, 0.3) is 5.91 Å². The lowest BCUT2D eigenvalue weighted by molar-refractivity contribution is -0.127. The Hall–Kier alpha value is -4.24. The number of amides is 1. The van der Waals surface area contributed by atoms with Gasteiger partial charge in [-0.2, -0.15) is 5.10 Å². The average Bonchev–Trinajstić information content (AvgIpc) is 3.62. The van der Waals surface area contributed by atoms with Crippen molar-refractivity contribution in [1.82, 2.24) is 25.5 Å². The normalized spacial score (nSPS) is 14.0. The number of anilines is 2. The molecule has 2 aromatic heterocycles. The zero-order valence-electron chi connectivity index (χ0n) is 21.1. The minimum absolute atomic E-state index is 0.0969. The fourth-order valence-electron chi connectivity index (χ4n) is 4.00. The Morgan fingerprint density at radius 3 is 2.68 bits per heavy atom. The quantitative estimate of drug-likeness (QED) is 0.298. The molecule has 0 fully saturated rings. The Labute approximate surface area is 215 Å². The first-order valence-electron chi connectivity index (χ1n) is 12.4. The van der Waals surface area contributed by atoms with Gasteiger partial charge in [0.05, 0.1) is 25.1 Å². The lowest BCUT2D eigenvalue weighted by Gasteiger charge is -2.18. The molecule has 190 valence electrons. The third-order valence-corrected chi connectivity index (χ3v) is 6.33. The smallest absolute Gasteiger partial charge is 0.260 e. The largest absolute Gasteiger partial charge is 0.481 e. The van der Waals surface area contributed by atoms with Crippen LogP contribution < -0.4 is 15.4 Å². The molecule has 3 N–H and O–H groups in total. The summed E-state index contributed by atoms with van der Waals surface area (Å²) in [6.45, 7) is 6.63. The third-order valence-electron chi connectivity index (χ3n) is 6.33. The number of aromatic amines is 1. The van der Waals surface area contributed by atoms with Crippen LogP contribution in [0.2, 0.25) is 0 Å². The number of hydrogen-bond acceptors (Lipinski definition) is 7. The Morgan fingerprint density at radius 2 is 1.92 bits per heavy atom. The van der Waals surface area contributed by atoms with Crippen LogP contribution in [0.3, 0.4) is 0 Å². The number of carbonyl (C=O) groups is 1. The van der Waals surface area contributed by atoms with Crippen molar-refractivity contribution in [1.29, 1.82) is 0 Å². The van der Waals surface area contributed by atoms with E-state index in [-0.39, 0.29) is 11.9 Å². The second-order valence-electron chi connectivity index (χ2n) is 9.11. The van der Waals surface area contributed by atoms with Gasteiger partial charge in [0.2, 0.25) is 0 Å². The summed E-state index contributed by atoms with van der Waals surface area (Å²) in [5, 5.41) is 13.2. The molecule has 9 heteroatoms. The molecule has 1 aliphatic rings. The van der Waals surface area contributed by atoms with Gasteiger partial charge in [0.15, 0.2) is 11.9 Å². The molecule has 2 unspecified atom stereocenters. The van der Waals surface area contributed by atoms with Crippen molar-refractivity contribution >= 4 is 17.4 Å². The first-order valence-corrected chi connectivity index (χ1v) is 12.4. The maximum Gasteiger partial charge on any atom is 0.260 e. The van der Waals surface area contributed by atoms with Crippen LogP contribution in [0.4, 0.5) is 11.5 Å². The van der Waals surface area contributed by atoms with Crippen LogP contribution in [-0.2, 0) is 22.7 Å². The second-order valence-corrected chi connectivity index (χ2v) is 9.11. The van der Waals surface area contributed by atoms with E-state index in [0.29, 0.717) is 30.6 Å². The van der Waals surface area contributed by atoms with E-state index in [4.69, 9.17) is 19.4 Å². The van der Waals surface area contributed by atoms with Crippen molar-refractivity contribution in [3.05, 3.63) is 72.2 Å². The molecule has 0 saturated carbocycles. The van der Waals surface area contributed by atoms with Crippen LogP contribution in [-0.4, -0.2) is 38.2 Å². The molecule has 1 amide bonds. The second kappa shape index (κ2) is 10.8. The summed E-state index contributed by atoms with van der Waals surface area (Å²) in [6, 6.07) is 15.7. The van der Waals surface area contributed by atoms with Crippen LogP contribution in [0, 0.1) is 0 Å². The van der Waals surface area contributed by atoms with Crippen LogP contribution in [0.15, 0.2) is 60.9 Å². The number of ether oxygens (including phenoxy) is 2. The summed E-state index contributed by atoms with van der Waals surface area (Å²) in [4.78, 5) is 22.0. The summed E-state index contributed by atoms with van der Waals surface area (Å²) in [6.07, 6.45) is 3.89. The Bertz CT molecular complexity index is 1370. The number of benzene rings is 2. The molecule has 0 aliphatic carbocycles. The van der Waals surface area contributed by atoms with Crippen molar-refractivity contribution in [2.24, 2.45) is 0 Å². The van der Waals surface area contributed by atoms with Gasteiger partial charge in [-0.15, -0.1) is 0 Å². The molecule has 2 atom stereocenters. The highest BCUT2D eigenvalue weighted by molar-refractivity contribution is 5.81. The van der Waals surface area contributed by atoms with E-state index >= 15 is 0 Å². The van der Waals surface area contributed by atoms with E-state index in [9.17, 15) is 4.79 Å². The predicted octanol–water partition coefficient (Wildman–Crippen LogP) is 4.99. The molecule has 4 aromatic rings. The van der Waals surface area contributed by atoms with Gasteiger partial charge in [-0.25, -0.2) is 9.97 Å². The van der Waals surface area contributed by atoms with Gasteiger partial charge in [0, 0.05) is 34.6 Å². The maximum absolute atomic E-state index is 12.4. The first-order chi connectivity index (χ1) is 18.0. The SMILES string of the molecule is CCC(C)NC(=O)C(C)Oc1cccc(-c2nc3c(c(Nc4ccc(-c5cn[nH]c5)cc4)n2)COC3)c1. The number of aromatic nitrogens is 4. The molecule has 0 saturated heterocycles. The fourth-order valence-corrected chi connectivity index (χ4v) is 4.00. The Kier molecular flexibility index (Phi) is 7.14. The van der Waals surface area contributed by atoms with E-state index in [2.05, 4.69) is 20.8 Å². The fraction of sp³-hybridized carbons (Fsp3) is 0.286. The van der Waals surface area contributed by atoms with Crippen LogP contribution in [0.5, 0.6) is 5.75 Å². The molecule has 3 heterocycles. The van der Waals surface area contributed by atoms with Crippen molar-refractivity contribution in [2.45, 2.75) is 52.6 Å². The van der Waals surface area contributed by atoms with Gasteiger partial charge in [-0.1, -0.05) is 31.2 Å². The van der Waals surface area contributed by atoms with Crippen molar-refractivity contribution < 1.29 is 14.3 Å². The molecule has 0 bridgehead atoms. The molecule has 0 radical (unpaired) electrons. The molecule has 1 aliphatic heterocycles. The zero-order chi connectivity index (χ0) is 25.8. The Balaban J connectivity index is 1.37. The van der Waals surface area contributed by atoms with E-state index in [1.54, 1.807) is 13.1 Å². The minimum atomic E-state index is -0.624. The number of nitrogens with zero attached hydrogens (tertiary/aromatic N) is 3. The van der Waals surface area contributed by atoms with Crippen molar-refractivity contribution in [3.8, 4) is 28.3 Å². The van der Waals surface area contributed by atoms with Gasteiger partial charge >= 0.3 is 0 Å². The topological polar surface area (TPSA) is 114 Å².